The van der Waals surface area contributed by atoms with Crippen molar-refractivity contribution in [1.29, 1.82) is 0 Å². The highest BCUT2D eigenvalue weighted by Gasteiger charge is 2.46. The molecule has 0 aliphatic carbocycles. The number of nitrogens with zero attached hydrogens (tertiary/aromatic N) is 2. The Morgan fingerprint density at radius 1 is 1.14 bits per heavy atom. The average molecular weight is 422 g/mol. The number of hydrogen-bond donors (Lipinski definition) is 1. The van der Waals surface area contributed by atoms with Gasteiger partial charge in [-0.05, 0) is 74.2 Å². The van der Waals surface area contributed by atoms with Crippen LogP contribution >= 0.6 is 0 Å². The van der Waals surface area contributed by atoms with Gasteiger partial charge in [0, 0.05) is 31.7 Å². The average Bonchev–Trinajstić information content (AvgIpc) is 3.18. The molecule has 3 atom stereocenters. The van der Waals surface area contributed by atoms with Gasteiger partial charge < -0.3 is 15.2 Å². The number of hydrogen-bond acceptors (Lipinski definition) is 6. The van der Waals surface area contributed by atoms with Gasteiger partial charge in [0.25, 0.3) is 0 Å². The van der Waals surface area contributed by atoms with E-state index >= 15 is 0 Å². The summed E-state index contributed by atoms with van der Waals surface area (Å²) in [6, 6.07) is 4.62. The summed E-state index contributed by atoms with van der Waals surface area (Å²) in [5, 5.41) is 0. The van der Waals surface area contributed by atoms with Crippen LogP contribution < -0.4 is 15.2 Å². The lowest BCUT2D eigenvalue weighted by molar-refractivity contribution is 0.0219. The first kappa shape index (κ1) is 19.6. The summed E-state index contributed by atoms with van der Waals surface area (Å²) in [4.78, 5) is 2.57. The lowest BCUT2D eigenvalue weighted by Gasteiger charge is -2.51. The molecule has 5 rings (SSSR count). The van der Waals surface area contributed by atoms with Gasteiger partial charge in [0.1, 0.15) is 0 Å². The van der Waals surface area contributed by atoms with E-state index in [0.29, 0.717) is 25.4 Å². The summed E-state index contributed by atoms with van der Waals surface area (Å²) < 4.78 is 39.2. The first-order valence-electron chi connectivity index (χ1n) is 10.9. The quantitative estimate of drug-likeness (QED) is 0.731. The third kappa shape index (κ3) is 3.54. The molecule has 4 aliphatic heterocycles. The normalized spacial score (nSPS) is 29.2. The Kier molecular flexibility index (Phi) is 5.22. The van der Waals surface area contributed by atoms with Crippen LogP contribution in [0.4, 0.5) is 0 Å². The molecular weight excluding hydrogens is 390 g/mol. The van der Waals surface area contributed by atoms with E-state index in [2.05, 4.69) is 17.0 Å². The molecule has 160 valence electrons. The number of ether oxygens (including phenoxy) is 2. The topological polar surface area (TPSA) is 85.1 Å². The molecule has 29 heavy (non-hydrogen) atoms. The van der Waals surface area contributed by atoms with Crippen molar-refractivity contribution in [1.82, 2.24) is 9.21 Å². The molecule has 1 aromatic carbocycles. The molecule has 1 aromatic rings. The van der Waals surface area contributed by atoms with Gasteiger partial charge in [-0.15, -0.1) is 0 Å². The molecule has 0 aromatic heterocycles. The van der Waals surface area contributed by atoms with Crippen molar-refractivity contribution in [2.75, 3.05) is 38.7 Å². The van der Waals surface area contributed by atoms with E-state index in [4.69, 9.17) is 15.2 Å². The van der Waals surface area contributed by atoms with Crippen molar-refractivity contribution >= 4 is 10.0 Å². The molecule has 0 bridgehead atoms. The highest BCUT2D eigenvalue weighted by Crippen LogP contribution is 2.46. The lowest BCUT2D eigenvalue weighted by atomic mass is 9.77. The standard InChI is InChI=1S/C21H31N3O4S/c22-6-1-2-9-29(25,26)24-7-3-4-16-13-23-8-5-15-10-20-21(28-14-27-20)11-17(15)19(23)12-18(16)24/h10-11,16,18-19H,1-9,12-14,22H2/t16-,18+,19-/m0/s1. The smallest absolute Gasteiger partial charge is 0.231 e. The van der Waals surface area contributed by atoms with Gasteiger partial charge in [-0.1, -0.05) is 0 Å². The molecule has 0 radical (unpaired) electrons. The maximum absolute atomic E-state index is 13.1. The van der Waals surface area contributed by atoms with Crippen LogP contribution in [0.15, 0.2) is 12.1 Å². The Labute approximate surface area is 173 Å². The number of benzene rings is 1. The summed E-state index contributed by atoms with van der Waals surface area (Å²) in [5.74, 6) is 2.31. The zero-order valence-electron chi connectivity index (χ0n) is 16.9. The Morgan fingerprint density at radius 3 is 2.79 bits per heavy atom. The maximum atomic E-state index is 13.1. The highest BCUT2D eigenvalue weighted by atomic mass is 32.2. The third-order valence-corrected chi connectivity index (χ3v) is 9.09. The van der Waals surface area contributed by atoms with Crippen LogP contribution in [0.25, 0.3) is 0 Å². The van der Waals surface area contributed by atoms with E-state index in [-0.39, 0.29) is 24.6 Å². The van der Waals surface area contributed by atoms with E-state index in [1.54, 1.807) is 0 Å². The Balaban J connectivity index is 1.41. The van der Waals surface area contributed by atoms with E-state index < -0.39 is 10.0 Å². The summed E-state index contributed by atoms with van der Waals surface area (Å²) in [7, 11) is -3.24. The predicted molar refractivity (Wildman–Crippen MR) is 110 cm³/mol. The molecule has 8 heteroatoms. The number of piperidine rings is 2. The van der Waals surface area contributed by atoms with E-state index in [0.717, 1.165) is 56.7 Å². The maximum Gasteiger partial charge on any atom is 0.231 e. The fourth-order valence-electron chi connectivity index (χ4n) is 5.68. The van der Waals surface area contributed by atoms with Gasteiger partial charge in [0.15, 0.2) is 11.5 Å². The monoisotopic (exact) mass is 421 g/mol. The number of rotatable bonds is 5. The Bertz CT molecular complexity index is 875. The predicted octanol–water partition coefficient (Wildman–Crippen LogP) is 1.87. The summed E-state index contributed by atoms with van der Waals surface area (Å²) in [6.45, 7) is 3.51. The van der Waals surface area contributed by atoms with Gasteiger partial charge in [-0.2, -0.15) is 4.31 Å². The molecule has 0 saturated carbocycles. The second-order valence-electron chi connectivity index (χ2n) is 8.79. The first-order chi connectivity index (χ1) is 14.1. The Morgan fingerprint density at radius 2 is 1.97 bits per heavy atom. The molecule has 0 unspecified atom stereocenters. The van der Waals surface area contributed by atoms with Gasteiger partial charge in [0.2, 0.25) is 16.8 Å². The fourth-order valence-corrected chi connectivity index (χ4v) is 7.57. The van der Waals surface area contributed by atoms with Crippen LogP contribution in [-0.2, 0) is 16.4 Å². The molecule has 4 aliphatic rings. The van der Waals surface area contributed by atoms with Gasteiger partial charge in [-0.25, -0.2) is 8.42 Å². The zero-order chi connectivity index (χ0) is 20.0. The van der Waals surface area contributed by atoms with Crippen molar-refractivity contribution in [2.24, 2.45) is 11.7 Å². The van der Waals surface area contributed by atoms with Crippen molar-refractivity contribution in [3.8, 4) is 11.5 Å². The lowest BCUT2D eigenvalue weighted by Crippen LogP contribution is -2.57. The van der Waals surface area contributed by atoms with E-state index in [1.807, 2.05) is 4.31 Å². The zero-order valence-corrected chi connectivity index (χ0v) is 17.7. The minimum atomic E-state index is -3.24. The minimum Gasteiger partial charge on any atom is -0.454 e. The second kappa shape index (κ2) is 7.72. The van der Waals surface area contributed by atoms with Crippen LogP contribution in [0.3, 0.4) is 0 Å². The molecular formula is C21H31N3O4S. The summed E-state index contributed by atoms with van der Waals surface area (Å²) >= 11 is 0. The number of unbranched alkanes of at least 4 members (excludes halogenated alkanes) is 1. The van der Waals surface area contributed by atoms with Crippen molar-refractivity contribution in [2.45, 2.75) is 50.6 Å². The van der Waals surface area contributed by atoms with Crippen LogP contribution in [-0.4, -0.2) is 62.4 Å². The van der Waals surface area contributed by atoms with E-state index in [1.165, 1.54) is 11.1 Å². The molecule has 4 heterocycles. The van der Waals surface area contributed by atoms with Crippen LogP contribution in [0, 0.1) is 5.92 Å². The van der Waals surface area contributed by atoms with Crippen LogP contribution in [0.1, 0.15) is 49.3 Å². The molecule has 2 fully saturated rings. The minimum absolute atomic E-state index is 0.101. The van der Waals surface area contributed by atoms with Gasteiger partial charge >= 0.3 is 0 Å². The van der Waals surface area contributed by atoms with Gasteiger partial charge in [-0.3, -0.25) is 4.90 Å². The molecule has 7 nitrogen and oxygen atoms in total. The summed E-state index contributed by atoms with van der Waals surface area (Å²) in [5.41, 5.74) is 8.18. The van der Waals surface area contributed by atoms with Crippen molar-refractivity contribution in [3.05, 3.63) is 23.3 Å². The van der Waals surface area contributed by atoms with Crippen molar-refractivity contribution in [3.63, 3.8) is 0 Å². The van der Waals surface area contributed by atoms with Crippen LogP contribution in [0.5, 0.6) is 11.5 Å². The summed E-state index contributed by atoms with van der Waals surface area (Å²) in [6.07, 6.45) is 5.38. The van der Waals surface area contributed by atoms with E-state index in [9.17, 15) is 8.42 Å². The first-order valence-corrected chi connectivity index (χ1v) is 12.5. The third-order valence-electron chi connectivity index (χ3n) is 7.12. The fraction of sp³-hybridized carbons (Fsp3) is 0.714. The molecule has 2 saturated heterocycles. The SMILES string of the molecule is NCCCCS(=O)(=O)N1CCC[C@H]2CN3CCc4cc5c(cc4[C@@H]3C[C@H]21)OCO5. The Hall–Kier alpha value is -1.35. The molecule has 2 N–H and O–H groups in total. The molecule has 0 amide bonds. The van der Waals surface area contributed by atoms with Gasteiger partial charge in [0.05, 0.1) is 5.75 Å². The van der Waals surface area contributed by atoms with Crippen LogP contribution in [0.2, 0.25) is 0 Å². The highest BCUT2D eigenvalue weighted by molar-refractivity contribution is 7.89. The second-order valence-corrected chi connectivity index (χ2v) is 10.8. The number of sulfonamides is 1. The number of nitrogens with two attached hydrogens (primary N) is 1. The van der Waals surface area contributed by atoms with Crippen molar-refractivity contribution < 1.29 is 17.9 Å². The largest absolute Gasteiger partial charge is 0.454 e. The molecule has 0 spiro atoms. The number of fused-ring (bicyclic) bond motifs is 5.